The molecule has 2 N–H and O–H groups in total. The van der Waals surface area contributed by atoms with Crippen LogP contribution in [0, 0.1) is 0 Å². The molecule has 0 heterocycles. The Morgan fingerprint density at radius 3 is 2.53 bits per heavy atom. The fourth-order valence-corrected chi connectivity index (χ4v) is 1.28. The standard InChI is InChI=1S/C11H14N2O2/c12-8-11(15)13(6-7-14)9-10-4-2-1-3-5-10/h1-5,7H,6,8-9,12H2. The van der Waals surface area contributed by atoms with E-state index in [9.17, 15) is 9.59 Å². The minimum atomic E-state index is -0.217. The highest BCUT2D eigenvalue weighted by Gasteiger charge is 2.10. The van der Waals surface area contributed by atoms with Gasteiger partial charge in [0.2, 0.25) is 5.91 Å². The fourth-order valence-electron chi connectivity index (χ4n) is 1.28. The van der Waals surface area contributed by atoms with Crippen molar-refractivity contribution in [3.63, 3.8) is 0 Å². The number of carbonyl (C=O) groups excluding carboxylic acids is 2. The van der Waals surface area contributed by atoms with Crippen LogP contribution in [0.25, 0.3) is 0 Å². The van der Waals surface area contributed by atoms with Crippen molar-refractivity contribution in [1.29, 1.82) is 0 Å². The lowest BCUT2D eigenvalue weighted by Gasteiger charge is -2.19. The van der Waals surface area contributed by atoms with Crippen LogP contribution in [-0.2, 0) is 16.1 Å². The Morgan fingerprint density at radius 2 is 2.00 bits per heavy atom. The lowest BCUT2D eigenvalue weighted by Crippen LogP contribution is -2.36. The zero-order valence-corrected chi connectivity index (χ0v) is 8.43. The lowest BCUT2D eigenvalue weighted by atomic mass is 10.2. The van der Waals surface area contributed by atoms with Crippen LogP contribution in [0.15, 0.2) is 30.3 Å². The third-order valence-electron chi connectivity index (χ3n) is 2.04. The van der Waals surface area contributed by atoms with Gasteiger partial charge >= 0.3 is 0 Å². The Labute approximate surface area is 88.7 Å². The highest BCUT2D eigenvalue weighted by molar-refractivity contribution is 5.80. The molecule has 0 radical (unpaired) electrons. The van der Waals surface area contributed by atoms with Gasteiger partial charge in [-0.1, -0.05) is 30.3 Å². The quantitative estimate of drug-likeness (QED) is 0.699. The van der Waals surface area contributed by atoms with Gasteiger partial charge in [-0.25, -0.2) is 0 Å². The molecule has 15 heavy (non-hydrogen) atoms. The topological polar surface area (TPSA) is 63.4 Å². The SMILES string of the molecule is NCC(=O)N(CC=O)Cc1ccccc1. The minimum absolute atomic E-state index is 0.0688. The molecule has 0 aliphatic carbocycles. The van der Waals surface area contributed by atoms with E-state index in [-0.39, 0.29) is 19.0 Å². The molecule has 0 fully saturated rings. The van der Waals surface area contributed by atoms with E-state index in [1.165, 1.54) is 4.90 Å². The van der Waals surface area contributed by atoms with Gasteiger partial charge in [-0.2, -0.15) is 0 Å². The van der Waals surface area contributed by atoms with E-state index >= 15 is 0 Å². The average Bonchev–Trinajstić information content (AvgIpc) is 2.29. The highest BCUT2D eigenvalue weighted by Crippen LogP contribution is 2.03. The molecule has 1 aromatic rings. The molecule has 0 unspecified atom stereocenters. The Balaban J connectivity index is 2.66. The molecule has 0 saturated heterocycles. The van der Waals surface area contributed by atoms with Crippen molar-refractivity contribution >= 4 is 12.2 Å². The monoisotopic (exact) mass is 206 g/mol. The van der Waals surface area contributed by atoms with Gasteiger partial charge in [0.05, 0.1) is 13.1 Å². The third kappa shape index (κ3) is 3.52. The summed E-state index contributed by atoms with van der Waals surface area (Å²) in [6, 6.07) is 9.49. The maximum absolute atomic E-state index is 11.3. The molecule has 4 heteroatoms. The van der Waals surface area contributed by atoms with Crippen LogP contribution in [0.3, 0.4) is 0 Å². The summed E-state index contributed by atoms with van der Waals surface area (Å²) in [6.07, 6.45) is 0.705. The number of carbonyl (C=O) groups is 2. The number of rotatable bonds is 5. The summed E-state index contributed by atoms with van der Waals surface area (Å²) in [5, 5.41) is 0. The zero-order valence-electron chi connectivity index (χ0n) is 8.43. The average molecular weight is 206 g/mol. The summed E-state index contributed by atoms with van der Waals surface area (Å²) in [5.74, 6) is -0.217. The van der Waals surface area contributed by atoms with E-state index in [4.69, 9.17) is 5.73 Å². The first-order valence-corrected chi connectivity index (χ1v) is 4.73. The first-order valence-electron chi connectivity index (χ1n) is 4.73. The van der Waals surface area contributed by atoms with Gasteiger partial charge in [0.15, 0.2) is 0 Å². The Bertz CT molecular complexity index is 325. The molecule has 0 bridgehead atoms. The number of nitrogens with zero attached hydrogens (tertiary/aromatic N) is 1. The molecule has 1 rings (SSSR count). The van der Waals surface area contributed by atoms with Crippen LogP contribution < -0.4 is 5.73 Å². The molecule has 0 saturated carbocycles. The summed E-state index contributed by atoms with van der Waals surface area (Å²) < 4.78 is 0. The second kappa shape index (κ2) is 5.93. The van der Waals surface area contributed by atoms with Crippen molar-refractivity contribution in [2.24, 2.45) is 5.73 Å². The predicted octanol–water partition coefficient (Wildman–Crippen LogP) is 0.173. The van der Waals surface area contributed by atoms with Gasteiger partial charge in [-0.15, -0.1) is 0 Å². The van der Waals surface area contributed by atoms with Crippen LogP contribution >= 0.6 is 0 Å². The summed E-state index contributed by atoms with van der Waals surface area (Å²) in [5.41, 5.74) is 6.24. The molecule has 0 aliphatic heterocycles. The zero-order chi connectivity index (χ0) is 11.1. The van der Waals surface area contributed by atoms with Gasteiger partial charge in [0.25, 0.3) is 0 Å². The maximum atomic E-state index is 11.3. The molecule has 1 amide bonds. The second-order valence-corrected chi connectivity index (χ2v) is 3.13. The van der Waals surface area contributed by atoms with Crippen LogP contribution in [0.4, 0.5) is 0 Å². The van der Waals surface area contributed by atoms with E-state index in [2.05, 4.69) is 0 Å². The van der Waals surface area contributed by atoms with Gasteiger partial charge in [-0.3, -0.25) is 4.79 Å². The van der Waals surface area contributed by atoms with Crippen LogP contribution in [-0.4, -0.2) is 30.2 Å². The second-order valence-electron chi connectivity index (χ2n) is 3.13. The van der Waals surface area contributed by atoms with E-state index in [1.54, 1.807) is 0 Å². The van der Waals surface area contributed by atoms with Crippen molar-refractivity contribution in [3.8, 4) is 0 Å². The molecule has 1 aromatic carbocycles. The number of hydrogen-bond acceptors (Lipinski definition) is 3. The number of nitrogens with two attached hydrogens (primary N) is 1. The molecular weight excluding hydrogens is 192 g/mol. The molecule has 4 nitrogen and oxygen atoms in total. The van der Waals surface area contributed by atoms with Crippen LogP contribution in [0.1, 0.15) is 5.56 Å². The third-order valence-corrected chi connectivity index (χ3v) is 2.04. The molecule has 0 atom stereocenters. The molecule has 0 aromatic heterocycles. The number of amides is 1. The molecule has 0 spiro atoms. The number of benzene rings is 1. The van der Waals surface area contributed by atoms with Crippen molar-refractivity contribution in [2.75, 3.05) is 13.1 Å². The first-order chi connectivity index (χ1) is 7.27. The van der Waals surface area contributed by atoms with Crippen molar-refractivity contribution in [3.05, 3.63) is 35.9 Å². The fraction of sp³-hybridized carbons (Fsp3) is 0.273. The van der Waals surface area contributed by atoms with Gasteiger partial charge in [0.1, 0.15) is 6.29 Å². The Morgan fingerprint density at radius 1 is 1.33 bits per heavy atom. The summed E-state index contributed by atoms with van der Waals surface area (Å²) in [7, 11) is 0. The minimum Gasteiger partial charge on any atom is -0.330 e. The smallest absolute Gasteiger partial charge is 0.236 e. The molecule has 80 valence electrons. The van der Waals surface area contributed by atoms with Gasteiger partial charge in [-0.05, 0) is 5.56 Å². The van der Waals surface area contributed by atoms with Crippen molar-refractivity contribution < 1.29 is 9.59 Å². The van der Waals surface area contributed by atoms with Crippen molar-refractivity contribution in [1.82, 2.24) is 4.90 Å². The van der Waals surface area contributed by atoms with Crippen LogP contribution in [0.5, 0.6) is 0 Å². The van der Waals surface area contributed by atoms with Crippen LogP contribution in [0.2, 0.25) is 0 Å². The highest BCUT2D eigenvalue weighted by atomic mass is 16.2. The van der Waals surface area contributed by atoms with Crippen molar-refractivity contribution in [2.45, 2.75) is 6.54 Å². The molecule has 0 aliphatic rings. The summed E-state index contributed by atoms with van der Waals surface area (Å²) in [4.78, 5) is 23.2. The Hall–Kier alpha value is -1.68. The van der Waals surface area contributed by atoms with Gasteiger partial charge in [0, 0.05) is 6.54 Å². The maximum Gasteiger partial charge on any atom is 0.236 e. The first kappa shape index (κ1) is 11.4. The normalized spacial score (nSPS) is 9.67. The van der Waals surface area contributed by atoms with E-state index in [0.717, 1.165) is 5.56 Å². The lowest BCUT2D eigenvalue weighted by molar-refractivity contribution is -0.132. The predicted molar refractivity (Wildman–Crippen MR) is 57.0 cm³/mol. The van der Waals surface area contributed by atoms with Gasteiger partial charge < -0.3 is 15.4 Å². The summed E-state index contributed by atoms with van der Waals surface area (Å²) in [6.45, 7) is 0.446. The Kier molecular flexibility index (Phi) is 4.50. The largest absolute Gasteiger partial charge is 0.330 e. The molecular formula is C11H14N2O2. The van der Waals surface area contributed by atoms with E-state index < -0.39 is 0 Å². The number of hydrogen-bond donors (Lipinski definition) is 1. The summed E-state index contributed by atoms with van der Waals surface area (Å²) >= 11 is 0. The number of aldehydes is 1. The van der Waals surface area contributed by atoms with E-state index in [1.807, 2.05) is 30.3 Å². The van der Waals surface area contributed by atoms with E-state index in [0.29, 0.717) is 12.8 Å².